The first-order chi connectivity index (χ1) is 6.59. The lowest BCUT2D eigenvalue weighted by atomic mass is 10.1. The Balaban J connectivity index is 2.57. The molecule has 1 aromatic carbocycles. The van der Waals surface area contributed by atoms with Crippen molar-refractivity contribution in [3.63, 3.8) is 0 Å². The second-order valence-electron chi connectivity index (χ2n) is 3.60. The summed E-state index contributed by atoms with van der Waals surface area (Å²) in [4.78, 5) is 13.6. The van der Waals surface area contributed by atoms with Crippen LogP contribution in [0.15, 0.2) is 24.3 Å². The van der Waals surface area contributed by atoms with Gasteiger partial charge in [0.15, 0.2) is 5.78 Å². The third-order valence-corrected chi connectivity index (χ3v) is 2.40. The van der Waals surface area contributed by atoms with Crippen molar-refractivity contribution >= 4 is 20.3 Å². The lowest BCUT2D eigenvalue weighted by molar-refractivity contribution is 0.0972. The molecule has 0 saturated carbocycles. The fourth-order valence-electron chi connectivity index (χ4n) is 1.14. The van der Waals surface area contributed by atoms with Crippen molar-refractivity contribution < 1.29 is 4.79 Å². The Morgan fingerprint density at radius 2 is 1.86 bits per heavy atom. The van der Waals surface area contributed by atoms with Crippen LogP contribution in [0, 0.1) is 0 Å². The van der Waals surface area contributed by atoms with E-state index in [2.05, 4.69) is 9.24 Å². The molecule has 0 heterocycles. The molecule has 0 aliphatic carbocycles. The van der Waals surface area contributed by atoms with E-state index in [1.807, 2.05) is 43.3 Å². The summed E-state index contributed by atoms with van der Waals surface area (Å²) in [7, 11) is 6.55. The third kappa shape index (κ3) is 3.57. The fourth-order valence-corrected chi connectivity index (χ4v) is 1.33. The van der Waals surface area contributed by atoms with Gasteiger partial charge in [-0.2, -0.15) is 0 Å². The zero-order chi connectivity index (χ0) is 10.6. The molecule has 3 heteroatoms. The van der Waals surface area contributed by atoms with Gasteiger partial charge in [-0.1, -0.05) is 24.3 Å². The average Bonchev–Trinajstić information content (AvgIpc) is 2.15. The van der Waals surface area contributed by atoms with E-state index in [9.17, 15) is 4.79 Å². The first-order valence-corrected chi connectivity index (χ1v) is 5.21. The van der Waals surface area contributed by atoms with Crippen molar-refractivity contribution in [3.8, 4) is 0 Å². The van der Waals surface area contributed by atoms with Crippen LogP contribution in [0.25, 0.3) is 0 Å². The summed E-state index contributed by atoms with van der Waals surface area (Å²) in [6, 6.07) is 7.63. The van der Waals surface area contributed by atoms with Crippen molar-refractivity contribution in [3.05, 3.63) is 29.8 Å². The first-order valence-electron chi connectivity index (χ1n) is 4.63. The van der Waals surface area contributed by atoms with Gasteiger partial charge < -0.3 is 4.90 Å². The summed E-state index contributed by atoms with van der Waals surface area (Å²) >= 11 is 0. The molecule has 0 saturated heterocycles. The largest absolute Gasteiger partial charge is 0.309 e. The minimum atomic E-state index is 0.212. The highest BCUT2D eigenvalue weighted by atomic mass is 31.0. The van der Waals surface area contributed by atoms with E-state index in [-0.39, 0.29) is 5.78 Å². The Morgan fingerprint density at radius 1 is 1.29 bits per heavy atom. The predicted octanol–water partition coefficient (Wildman–Crippen LogP) is 1.32. The van der Waals surface area contributed by atoms with E-state index in [4.69, 9.17) is 0 Å². The van der Waals surface area contributed by atoms with E-state index in [0.29, 0.717) is 6.42 Å². The smallest absolute Gasteiger partial charge is 0.164 e. The van der Waals surface area contributed by atoms with Crippen molar-refractivity contribution in [2.24, 2.45) is 0 Å². The van der Waals surface area contributed by atoms with Crippen LogP contribution in [-0.2, 0) is 0 Å². The number of carbonyl (C=O) groups is 1. The van der Waals surface area contributed by atoms with Gasteiger partial charge in [0.05, 0.1) is 0 Å². The Labute approximate surface area is 87.5 Å². The fraction of sp³-hybridized carbons (Fsp3) is 0.364. The maximum atomic E-state index is 11.6. The molecule has 0 aromatic heterocycles. The summed E-state index contributed by atoms with van der Waals surface area (Å²) in [6.45, 7) is 0.807. The van der Waals surface area contributed by atoms with Crippen LogP contribution < -0.4 is 5.30 Å². The highest BCUT2D eigenvalue weighted by molar-refractivity contribution is 7.27. The van der Waals surface area contributed by atoms with E-state index in [1.54, 1.807) is 0 Å². The van der Waals surface area contributed by atoms with Gasteiger partial charge in [0.1, 0.15) is 0 Å². The number of benzene rings is 1. The molecule has 2 nitrogen and oxygen atoms in total. The maximum absolute atomic E-state index is 11.6. The molecule has 0 bridgehead atoms. The lowest BCUT2D eigenvalue weighted by Gasteiger charge is -2.08. The standard InChI is InChI=1S/C11H16NOP/c1-12(2)8-7-11(13)9-3-5-10(14)6-4-9/h3-6H,7-8,14H2,1-2H3. The van der Waals surface area contributed by atoms with Gasteiger partial charge in [0, 0.05) is 18.5 Å². The Morgan fingerprint density at radius 3 is 2.36 bits per heavy atom. The summed E-state index contributed by atoms with van der Waals surface area (Å²) in [5, 5.41) is 1.11. The third-order valence-electron chi connectivity index (χ3n) is 2.02. The monoisotopic (exact) mass is 209 g/mol. The Hall–Kier alpha value is -0.720. The highest BCUT2D eigenvalue weighted by Gasteiger charge is 2.05. The summed E-state index contributed by atoms with van der Waals surface area (Å²) in [6.07, 6.45) is 0.587. The van der Waals surface area contributed by atoms with Gasteiger partial charge in [-0.3, -0.25) is 4.79 Å². The maximum Gasteiger partial charge on any atom is 0.164 e. The molecule has 0 N–H and O–H groups in total. The molecule has 0 radical (unpaired) electrons. The number of Topliss-reactive ketones (excluding diaryl/α,β-unsaturated/α-hetero) is 1. The second kappa shape index (κ2) is 5.23. The molecule has 1 unspecified atom stereocenters. The van der Waals surface area contributed by atoms with Crippen LogP contribution >= 0.6 is 9.24 Å². The predicted molar refractivity (Wildman–Crippen MR) is 63.3 cm³/mol. The number of ketones is 1. The summed E-state index contributed by atoms with van der Waals surface area (Å²) in [5.74, 6) is 0.212. The molecule has 0 aliphatic heterocycles. The summed E-state index contributed by atoms with van der Waals surface area (Å²) < 4.78 is 0. The SMILES string of the molecule is CN(C)CCC(=O)c1ccc(P)cc1. The molecule has 1 aromatic rings. The lowest BCUT2D eigenvalue weighted by Crippen LogP contribution is -2.16. The van der Waals surface area contributed by atoms with Gasteiger partial charge in [0.2, 0.25) is 0 Å². The van der Waals surface area contributed by atoms with E-state index < -0.39 is 0 Å². The van der Waals surface area contributed by atoms with Crippen LogP contribution in [0.3, 0.4) is 0 Å². The van der Waals surface area contributed by atoms with Gasteiger partial charge in [-0.15, -0.1) is 9.24 Å². The molecule has 0 amide bonds. The van der Waals surface area contributed by atoms with E-state index in [1.165, 1.54) is 0 Å². The zero-order valence-corrected chi connectivity index (χ0v) is 9.81. The molecular formula is C11H16NOP. The van der Waals surface area contributed by atoms with Crippen LogP contribution in [-0.4, -0.2) is 31.3 Å². The Kier molecular flexibility index (Phi) is 4.24. The molecule has 0 aliphatic rings. The quantitative estimate of drug-likeness (QED) is 0.550. The number of carbonyl (C=O) groups excluding carboxylic acids is 1. The molecule has 0 fully saturated rings. The van der Waals surface area contributed by atoms with Crippen LogP contribution in [0.2, 0.25) is 0 Å². The highest BCUT2D eigenvalue weighted by Crippen LogP contribution is 2.03. The van der Waals surface area contributed by atoms with Gasteiger partial charge in [0.25, 0.3) is 0 Å². The first kappa shape index (κ1) is 11.4. The zero-order valence-electron chi connectivity index (χ0n) is 8.66. The van der Waals surface area contributed by atoms with Crippen molar-refractivity contribution in [1.82, 2.24) is 4.90 Å². The molecule has 1 rings (SSSR count). The second-order valence-corrected chi connectivity index (χ2v) is 4.27. The van der Waals surface area contributed by atoms with Crippen LogP contribution in [0.1, 0.15) is 16.8 Å². The molecule has 1 atom stereocenters. The minimum absolute atomic E-state index is 0.212. The van der Waals surface area contributed by atoms with E-state index >= 15 is 0 Å². The normalized spacial score (nSPS) is 10.6. The number of hydrogen-bond acceptors (Lipinski definition) is 2. The topological polar surface area (TPSA) is 20.3 Å². The van der Waals surface area contributed by atoms with Crippen molar-refractivity contribution in [2.45, 2.75) is 6.42 Å². The van der Waals surface area contributed by atoms with Crippen molar-refractivity contribution in [2.75, 3.05) is 20.6 Å². The number of hydrogen-bond donors (Lipinski definition) is 0. The Bertz CT molecular complexity index is 306. The molecular weight excluding hydrogens is 193 g/mol. The van der Waals surface area contributed by atoms with E-state index in [0.717, 1.165) is 17.4 Å². The number of nitrogens with zero attached hydrogens (tertiary/aromatic N) is 1. The molecule has 14 heavy (non-hydrogen) atoms. The minimum Gasteiger partial charge on any atom is -0.309 e. The van der Waals surface area contributed by atoms with Crippen molar-refractivity contribution in [1.29, 1.82) is 0 Å². The van der Waals surface area contributed by atoms with Crippen LogP contribution in [0.4, 0.5) is 0 Å². The van der Waals surface area contributed by atoms with Gasteiger partial charge in [-0.25, -0.2) is 0 Å². The number of rotatable bonds is 4. The van der Waals surface area contributed by atoms with Gasteiger partial charge in [-0.05, 0) is 19.4 Å². The molecule has 0 spiro atoms. The average molecular weight is 209 g/mol. The summed E-state index contributed by atoms with van der Waals surface area (Å²) in [5.41, 5.74) is 0.804. The van der Waals surface area contributed by atoms with Crippen LogP contribution in [0.5, 0.6) is 0 Å². The molecule has 76 valence electrons. The van der Waals surface area contributed by atoms with Gasteiger partial charge >= 0.3 is 0 Å².